The fourth-order valence-corrected chi connectivity index (χ4v) is 5.87. The van der Waals surface area contributed by atoms with Gasteiger partial charge in [0.2, 0.25) is 0 Å². The summed E-state index contributed by atoms with van der Waals surface area (Å²) in [6, 6.07) is 0.126. The van der Waals surface area contributed by atoms with Crippen LogP contribution in [0, 0.1) is 27.7 Å². The average Bonchev–Trinajstić information content (AvgIpc) is 3.20. The highest BCUT2D eigenvalue weighted by Gasteiger charge is 2.31. The van der Waals surface area contributed by atoms with Crippen molar-refractivity contribution in [2.45, 2.75) is 65.7 Å². The molecule has 1 aliphatic rings. The van der Waals surface area contributed by atoms with Crippen molar-refractivity contribution in [3.05, 3.63) is 40.1 Å². The molecule has 2 aromatic heterocycles. The van der Waals surface area contributed by atoms with Gasteiger partial charge in [-0.2, -0.15) is 9.46 Å². The van der Waals surface area contributed by atoms with Crippen LogP contribution in [0.1, 0.15) is 76.2 Å². The van der Waals surface area contributed by atoms with Gasteiger partial charge in [-0.1, -0.05) is 0 Å². The van der Waals surface area contributed by atoms with Gasteiger partial charge in [-0.3, -0.25) is 14.3 Å². The highest BCUT2D eigenvalue weighted by molar-refractivity contribution is 7.93. The topological polar surface area (TPSA) is 97.8 Å². The standard InChI is InChI=1S/C22H32N4O4S/c1-13(2)26-15(4)19(12-23-26)21(27)24-31(7,29)18-8-10-25(11-9-18)22(28)20-14(3)16(5)30-17(20)6/h12-13,18H,8-11H2,1-7H3. The minimum absolute atomic E-state index is 0.0577. The van der Waals surface area contributed by atoms with Gasteiger partial charge in [0.25, 0.3) is 11.8 Å². The fourth-order valence-electron chi connectivity index (χ4n) is 4.20. The van der Waals surface area contributed by atoms with Gasteiger partial charge in [0.05, 0.1) is 27.1 Å². The van der Waals surface area contributed by atoms with Gasteiger partial charge in [-0.05, 0) is 54.4 Å². The van der Waals surface area contributed by atoms with Crippen molar-refractivity contribution >= 4 is 21.5 Å². The molecule has 1 atom stereocenters. The molecular formula is C22H32N4O4S. The van der Waals surface area contributed by atoms with E-state index in [0.717, 1.165) is 17.0 Å². The third kappa shape index (κ3) is 4.46. The number of rotatable bonds is 4. The number of hydrogen-bond acceptors (Lipinski definition) is 5. The van der Waals surface area contributed by atoms with Gasteiger partial charge < -0.3 is 9.32 Å². The van der Waals surface area contributed by atoms with Crippen molar-refractivity contribution in [1.82, 2.24) is 14.7 Å². The fraction of sp³-hybridized carbons (Fsp3) is 0.591. The SMILES string of the molecule is Cc1oc(C)c(C(=O)N2CCC(S(C)(=O)=NC(=O)c3cnn(C(C)C)c3C)CC2)c1C. The molecule has 31 heavy (non-hydrogen) atoms. The van der Waals surface area contributed by atoms with Crippen LogP contribution < -0.4 is 0 Å². The Morgan fingerprint density at radius 2 is 1.77 bits per heavy atom. The lowest BCUT2D eigenvalue weighted by atomic mass is 10.1. The van der Waals surface area contributed by atoms with Gasteiger partial charge in [0.1, 0.15) is 11.5 Å². The lowest BCUT2D eigenvalue weighted by molar-refractivity contribution is 0.0723. The Labute approximate surface area is 184 Å². The molecule has 0 saturated carbocycles. The summed E-state index contributed by atoms with van der Waals surface area (Å²) >= 11 is 0. The summed E-state index contributed by atoms with van der Waals surface area (Å²) in [7, 11) is -2.75. The van der Waals surface area contributed by atoms with Crippen LogP contribution in [0.4, 0.5) is 0 Å². The van der Waals surface area contributed by atoms with Crippen LogP contribution in [0.25, 0.3) is 0 Å². The zero-order valence-corrected chi connectivity index (χ0v) is 20.2. The number of piperidine rings is 1. The zero-order chi connectivity index (χ0) is 23.1. The molecule has 1 aliphatic heterocycles. The highest BCUT2D eigenvalue weighted by Crippen LogP contribution is 2.26. The van der Waals surface area contributed by atoms with Crippen LogP contribution in [0.15, 0.2) is 15.0 Å². The van der Waals surface area contributed by atoms with Crippen molar-refractivity contribution in [2.24, 2.45) is 4.36 Å². The molecule has 9 heteroatoms. The minimum atomic E-state index is -2.75. The molecule has 2 aromatic rings. The van der Waals surface area contributed by atoms with E-state index in [2.05, 4.69) is 9.46 Å². The third-order valence-corrected chi connectivity index (χ3v) is 8.39. The van der Waals surface area contributed by atoms with Gasteiger partial charge in [0.15, 0.2) is 0 Å². The number of aromatic nitrogens is 2. The zero-order valence-electron chi connectivity index (χ0n) is 19.4. The quantitative estimate of drug-likeness (QED) is 0.708. The maximum atomic E-state index is 13.3. The summed E-state index contributed by atoms with van der Waals surface area (Å²) in [5, 5.41) is 4.00. The molecule has 0 aliphatic carbocycles. The molecule has 1 saturated heterocycles. The summed E-state index contributed by atoms with van der Waals surface area (Å²) in [6.45, 7) is 12.3. The van der Waals surface area contributed by atoms with Crippen LogP contribution >= 0.6 is 0 Å². The first kappa shape index (κ1) is 23.2. The Bertz CT molecular complexity index is 1130. The number of amides is 2. The molecule has 3 heterocycles. The van der Waals surface area contributed by atoms with E-state index in [-0.39, 0.29) is 17.2 Å². The predicted octanol–water partition coefficient (Wildman–Crippen LogP) is 3.83. The van der Waals surface area contributed by atoms with Crippen molar-refractivity contribution in [2.75, 3.05) is 19.3 Å². The minimum Gasteiger partial charge on any atom is -0.466 e. The maximum Gasteiger partial charge on any atom is 0.288 e. The molecule has 1 unspecified atom stereocenters. The van der Waals surface area contributed by atoms with E-state index < -0.39 is 15.6 Å². The Balaban J connectivity index is 1.73. The first-order valence-corrected chi connectivity index (χ1v) is 12.6. The Kier molecular flexibility index (Phi) is 6.45. The van der Waals surface area contributed by atoms with Crippen LogP contribution in [0.2, 0.25) is 0 Å². The molecule has 3 rings (SSSR count). The van der Waals surface area contributed by atoms with E-state index in [0.29, 0.717) is 42.8 Å². The van der Waals surface area contributed by atoms with Crippen LogP contribution in [-0.4, -0.2) is 55.3 Å². The Morgan fingerprint density at radius 1 is 1.16 bits per heavy atom. The van der Waals surface area contributed by atoms with Gasteiger partial charge in [-0.15, -0.1) is 0 Å². The number of furan rings is 1. The molecule has 1 fully saturated rings. The number of carbonyl (C=O) groups is 2. The van der Waals surface area contributed by atoms with Crippen molar-refractivity contribution in [3.63, 3.8) is 0 Å². The lowest BCUT2D eigenvalue weighted by Crippen LogP contribution is -2.42. The normalized spacial score (nSPS) is 17.1. The summed E-state index contributed by atoms with van der Waals surface area (Å²) < 4.78 is 24.8. The number of nitrogens with zero attached hydrogens (tertiary/aromatic N) is 4. The summed E-state index contributed by atoms with van der Waals surface area (Å²) in [6.07, 6.45) is 4.12. The van der Waals surface area contributed by atoms with Crippen molar-refractivity contribution < 1.29 is 18.2 Å². The van der Waals surface area contributed by atoms with Crippen molar-refractivity contribution in [1.29, 1.82) is 0 Å². The molecular weight excluding hydrogens is 416 g/mol. The average molecular weight is 449 g/mol. The molecule has 0 N–H and O–H groups in total. The van der Waals surface area contributed by atoms with Crippen LogP contribution in [0.5, 0.6) is 0 Å². The third-order valence-electron chi connectivity index (χ3n) is 6.15. The molecule has 0 bridgehead atoms. The van der Waals surface area contributed by atoms with Crippen molar-refractivity contribution in [3.8, 4) is 0 Å². The first-order valence-electron chi connectivity index (χ1n) is 10.6. The number of aryl methyl sites for hydroxylation is 2. The van der Waals surface area contributed by atoms with E-state index in [9.17, 15) is 13.8 Å². The smallest absolute Gasteiger partial charge is 0.288 e. The van der Waals surface area contributed by atoms with Gasteiger partial charge in [-0.25, -0.2) is 4.21 Å². The Morgan fingerprint density at radius 3 is 2.26 bits per heavy atom. The molecule has 8 nitrogen and oxygen atoms in total. The van der Waals surface area contributed by atoms with Gasteiger partial charge in [0, 0.05) is 41.9 Å². The van der Waals surface area contributed by atoms with Crippen LogP contribution in [-0.2, 0) is 9.73 Å². The first-order chi connectivity index (χ1) is 14.4. The Hall–Kier alpha value is -2.42. The largest absolute Gasteiger partial charge is 0.466 e. The lowest BCUT2D eigenvalue weighted by Gasteiger charge is -2.32. The van der Waals surface area contributed by atoms with E-state index in [1.807, 2.05) is 34.6 Å². The van der Waals surface area contributed by atoms with E-state index in [1.165, 1.54) is 6.20 Å². The number of carbonyl (C=O) groups excluding carboxylic acids is 2. The highest BCUT2D eigenvalue weighted by atomic mass is 32.2. The van der Waals surface area contributed by atoms with E-state index >= 15 is 0 Å². The van der Waals surface area contributed by atoms with Crippen LogP contribution in [0.3, 0.4) is 0 Å². The second kappa shape index (κ2) is 8.61. The number of likely N-dealkylation sites (tertiary alicyclic amines) is 1. The monoisotopic (exact) mass is 448 g/mol. The van der Waals surface area contributed by atoms with Gasteiger partial charge >= 0.3 is 0 Å². The summed E-state index contributed by atoms with van der Waals surface area (Å²) in [5.41, 5.74) is 2.59. The molecule has 0 spiro atoms. The molecule has 2 amide bonds. The summed E-state index contributed by atoms with van der Waals surface area (Å²) in [4.78, 5) is 27.5. The molecule has 0 aromatic carbocycles. The number of hydrogen-bond donors (Lipinski definition) is 0. The second-order valence-corrected chi connectivity index (χ2v) is 11.2. The second-order valence-electron chi connectivity index (χ2n) is 8.65. The predicted molar refractivity (Wildman–Crippen MR) is 120 cm³/mol. The molecule has 0 radical (unpaired) electrons. The van der Waals surface area contributed by atoms with E-state index in [4.69, 9.17) is 4.42 Å². The maximum absolute atomic E-state index is 13.3. The molecule has 170 valence electrons. The van der Waals surface area contributed by atoms with E-state index in [1.54, 1.807) is 22.8 Å². The summed E-state index contributed by atoms with van der Waals surface area (Å²) in [5.74, 6) is 0.827.